The maximum Gasteiger partial charge on any atom is 0.284 e. The maximum atomic E-state index is 11.2. The second kappa shape index (κ2) is 4.64. The Bertz CT molecular complexity index is 756. The van der Waals surface area contributed by atoms with Crippen molar-refractivity contribution in [2.24, 2.45) is 5.14 Å². The van der Waals surface area contributed by atoms with Crippen LogP contribution in [0.2, 0.25) is 10.0 Å². The molecule has 0 saturated carbocycles. The van der Waals surface area contributed by atoms with Crippen LogP contribution in [0.4, 0.5) is 5.95 Å². The number of nitrogens with zero attached hydrogens (tertiary/aromatic N) is 3. The molecule has 1 heterocycles. The second-order valence-corrected chi connectivity index (χ2v) is 5.98. The zero-order valence-electron chi connectivity index (χ0n) is 9.63. The number of anilines is 1. The summed E-state index contributed by atoms with van der Waals surface area (Å²) in [4.78, 5) is 3.57. The number of aromatic nitrogens is 3. The number of aryl methyl sites for hydroxylation is 1. The Kier molecular flexibility index (Phi) is 3.43. The minimum atomic E-state index is -4.06. The van der Waals surface area contributed by atoms with E-state index in [4.69, 9.17) is 34.1 Å². The van der Waals surface area contributed by atoms with Gasteiger partial charge in [0.2, 0.25) is 5.95 Å². The second-order valence-electron chi connectivity index (χ2n) is 3.74. The van der Waals surface area contributed by atoms with Gasteiger partial charge in [-0.3, -0.25) is 0 Å². The maximum absolute atomic E-state index is 11.2. The molecule has 1 aromatic heterocycles. The summed E-state index contributed by atoms with van der Waals surface area (Å²) in [5, 5.41) is 8.60. The summed E-state index contributed by atoms with van der Waals surface area (Å²) >= 11 is 12.1. The summed E-state index contributed by atoms with van der Waals surface area (Å²) in [5.41, 5.74) is 6.59. The molecule has 0 unspecified atom stereocenters. The van der Waals surface area contributed by atoms with Crippen molar-refractivity contribution in [2.75, 3.05) is 5.73 Å². The number of hydrogen-bond acceptors (Lipinski definition) is 5. The fourth-order valence-corrected chi connectivity index (χ4v) is 2.37. The quantitative estimate of drug-likeness (QED) is 0.859. The third-order valence-corrected chi connectivity index (χ3v) is 3.80. The van der Waals surface area contributed by atoms with Crippen LogP contribution in [-0.2, 0) is 10.0 Å². The number of nitrogens with two attached hydrogens (primary N) is 2. The van der Waals surface area contributed by atoms with E-state index in [1.807, 2.05) is 0 Å². The van der Waals surface area contributed by atoms with Crippen LogP contribution in [0.5, 0.6) is 0 Å². The summed E-state index contributed by atoms with van der Waals surface area (Å²) in [6.07, 6.45) is 0. The van der Waals surface area contributed by atoms with E-state index in [0.717, 1.165) is 10.2 Å². The highest BCUT2D eigenvalue weighted by Gasteiger charge is 2.21. The van der Waals surface area contributed by atoms with Crippen LogP contribution in [0.1, 0.15) is 5.56 Å². The van der Waals surface area contributed by atoms with Crippen molar-refractivity contribution in [3.63, 3.8) is 0 Å². The molecular weight excluding hydrogens is 313 g/mol. The van der Waals surface area contributed by atoms with Crippen LogP contribution < -0.4 is 10.9 Å². The van der Waals surface area contributed by atoms with Gasteiger partial charge in [0.15, 0.2) is 0 Å². The smallest absolute Gasteiger partial charge is 0.284 e. The molecule has 19 heavy (non-hydrogen) atoms. The van der Waals surface area contributed by atoms with E-state index < -0.39 is 15.2 Å². The molecule has 2 rings (SSSR count). The number of halogens is 2. The molecule has 0 bridgehead atoms. The van der Waals surface area contributed by atoms with Gasteiger partial charge in [-0.25, -0.2) is 13.6 Å². The molecule has 0 spiro atoms. The molecule has 7 nitrogen and oxygen atoms in total. The highest BCUT2D eigenvalue weighted by Crippen LogP contribution is 2.32. The molecule has 1 aromatic carbocycles. The van der Waals surface area contributed by atoms with Crippen molar-refractivity contribution in [2.45, 2.75) is 12.1 Å². The van der Waals surface area contributed by atoms with Crippen molar-refractivity contribution >= 4 is 39.2 Å². The first-order valence-corrected chi connectivity index (χ1v) is 7.22. The number of nitrogen functional groups attached to an aromatic ring is 1. The third-order valence-electron chi connectivity index (χ3n) is 2.34. The molecule has 0 aliphatic rings. The summed E-state index contributed by atoms with van der Waals surface area (Å²) in [7, 11) is -4.06. The molecule has 2 aromatic rings. The summed E-state index contributed by atoms with van der Waals surface area (Å²) in [6, 6.07) is 3.30. The largest absolute Gasteiger partial charge is 0.368 e. The molecule has 0 amide bonds. The van der Waals surface area contributed by atoms with Crippen molar-refractivity contribution in [1.29, 1.82) is 0 Å². The lowest BCUT2D eigenvalue weighted by atomic mass is 10.2. The van der Waals surface area contributed by atoms with E-state index in [2.05, 4.69) is 10.1 Å². The standard InChI is InChI=1S/C9H9Cl2N5O2S/c1-4-2-3-5(10)7(6(4)11)16-8(12)14-9(15-16)19(13,17)18/h2-3H,1H3,(H2,12,14,15)(H2,13,17,18). The fourth-order valence-electron chi connectivity index (χ4n) is 1.43. The Balaban J connectivity index is 2.74. The summed E-state index contributed by atoms with van der Waals surface area (Å²) < 4.78 is 23.4. The Morgan fingerprint density at radius 1 is 1.32 bits per heavy atom. The van der Waals surface area contributed by atoms with E-state index in [1.54, 1.807) is 19.1 Å². The minimum absolute atomic E-state index is 0.182. The van der Waals surface area contributed by atoms with Gasteiger partial charge in [-0.15, -0.1) is 5.10 Å². The van der Waals surface area contributed by atoms with E-state index >= 15 is 0 Å². The average molecular weight is 322 g/mol. The molecule has 0 atom stereocenters. The lowest BCUT2D eigenvalue weighted by molar-refractivity contribution is 0.588. The van der Waals surface area contributed by atoms with Crippen LogP contribution in [0.25, 0.3) is 5.69 Å². The SMILES string of the molecule is Cc1ccc(Cl)c(-n2nc(S(N)(=O)=O)nc2N)c1Cl. The predicted octanol–water partition coefficient (Wildman–Crippen LogP) is 1.11. The highest BCUT2D eigenvalue weighted by atomic mass is 35.5. The molecule has 0 aliphatic heterocycles. The first kappa shape index (κ1) is 14.1. The highest BCUT2D eigenvalue weighted by molar-refractivity contribution is 7.89. The van der Waals surface area contributed by atoms with Crippen LogP contribution in [0.3, 0.4) is 0 Å². The molecular formula is C9H9Cl2N5O2S. The number of sulfonamides is 1. The normalized spacial score (nSPS) is 11.8. The van der Waals surface area contributed by atoms with Crippen molar-refractivity contribution in [3.05, 3.63) is 27.7 Å². The van der Waals surface area contributed by atoms with Gasteiger partial charge < -0.3 is 5.73 Å². The van der Waals surface area contributed by atoms with Gasteiger partial charge in [0.1, 0.15) is 5.69 Å². The van der Waals surface area contributed by atoms with Gasteiger partial charge in [-0.05, 0) is 18.6 Å². The third kappa shape index (κ3) is 2.52. The molecule has 0 aliphatic carbocycles. The lowest BCUT2D eigenvalue weighted by Gasteiger charge is -2.09. The molecule has 0 radical (unpaired) electrons. The van der Waals surface area contributed by atoms with E-state index in [9.17, 15) is 8.42 Å². The van der Waals surface area contributed by atoms with Gasteiger partial charge in [0.25, 0.3) is 15.2 Å². The van der Waals surface area contributed by atoms with Crippen molar-refractivity contribution < 1.29 is 8.42 Å². The van der Waals surface area contributed by atoms with E-state index in [0.29, 0.717) is 5.02 Å². The Labute approximate surface area is 119 Å². The molecule has 0 fully saturated rings. The molecule has 10 heteroatoms. The molecule has 4 N–H and O–H groups in total. The van der Waals surface area contributed by atoms with Gasteiger partial charge in [-0.2, -0.15) is 9.67 Å². The van der Waals surface area contributed by atoms with Crippen LogP contribution >= 0.6 is 23.2 Å². The topological polar surface area (TPSA) is 117 Å². The van der Waals surface area contributed by atoms with Gasteiger partial charge in [0, 0.05) is 0 Å². The fraction of sp³-hybridized carbons (Fsp3) is 0.111. The van der Waals surface area contributed by atoms with Crippen LogP contribution in [0.15, 0.2) is 17.3 Å². The molecule has 0 saturated heterocycles. The number of primary sulfonamides is 1. The zero-order valence-corrected chi connectivity index (χ0v) is 12.0. The Morgan fingerprint density at radius 3 is 2.47 bits per heavy atom. The van der Waals surface area contributed by atoms with Crippen LogP contribution in [-0.4, -0.2) is 23.2 Å². The van der Waals surface area contributed by atoms with E-state index in [-0.39, 0.29) is 16.7 Å². The van der Waals surface area contributed by atoms with Gasteiger partial charge in [-0.1, -0.05) is 29.3 Å². The van der Waals surface area contributed by atoms with Gasteiger partial charge in [0.05, 0.1) is 10.0 Å². The zero-order chi connectivity index (χ0) is 14.4. The molecule has 102 valence electrons. The van der Waals surface area contributed by atoms with Crippen LogP contribution in [0, 0.1) is 6.92 Å². The monoisotopic (exact) mass is 321 g/mol. The minimum Gasteiger partial charge on any atom is -0.368 e. The average Bonchev–Trinajstić information content (AvgIpc) is 2.67. The number of rotatable bonds is 2. The summed E-state index contributed by atoms with van der Waals surface area (Å²) in [6.45, 7) is 1.76. The summed E-state index contributed by atoms with van der Waals surface area (Å²) in [5.74, 6) is -0.182. The lowest BCUT2D eigenvalue weighted by Crippen LogP contribution is -2.14. The number of benzene rings is 1. The predicted molar refractivity (Wildman–Crippen MR) is 71.9 cm³/mol. The van der Waals surface area contributed by atoms with E-state index in [1.165, 1.54) is 0 Å². The first-order valence-electron chi connectivity index (χ1n) is 4.92. The first-order chi connectivity index (χ1) is 8.71. The van der Waals surface area contributed by atoms with Crippen molar-refractivity contribution in [1.82, 2.24) is 14.8 Å². The number of hydrogen-bond donors (Lipinski definition) is 2. The Morgan fingerprint density at radius 2 is 1.95 bits per heavy atom. The van der Waals surface area contributed by atoms with Gasteiger partial charge >= 0.3 is 0 Å². The Hall–Kier alpha value is -1.35. The van der Waals surface area contributed by atoms with Crippen molar-refractivity contribution in [3.8, 4) is 5.69 Å².